The van der Waals surface area contributed by atoms with Crippen LogP contribution in [-0.4, -0.2) is 29.9 Å². The largest absolute Gasteiger partial charge is 0.382 e. The molecule has 148 valence electrons. The summed E-state index contributed by atoms with van der Waals surface area (Å²) in [6.45, 7) is 6.46. The van der Waals surface area contributed by atoms with Crippen molar-refractivity contribution in [2.24, 2.45) is 0 Å². The second kappa shape index (κ2) is 7.31. The number of nitrogens with one attached hydrogen (secondary N) is 3. The molecule has 0 fully saturated rings. The third-order valence-electron chi connectivity index (χ3n) is 5.29. The van der Waals surface area contributed by atoms with Crippen LogP contribution in [0.5, 0.6) is 0 Å². The first kappa shape index (κ1) is 18.5. The maximum absolute atomic E-state index is 12.7. The number of rotatable bonds is 4. The van der Waals surface area contributed by atoms with E-state index in [2.05, 4.69) is 39.6 Å². The number of amides is 2. The van der Waals surface area contributed by atoms with Crippen LogP contribution in [-0.2, 0) is 9.59 Å². The highest BCUT2D eigenvalue weighted by molar-refractivity contribution is 5.91. The molecule has 0 spiro atoms. The molecule has 29 heavy (non-hydrogen) atoms. The molecule has 0 aliphatic carbocycles. The Balaban J connectivity index is 1.96. The lowest BCUT2D eigenvalue weighted by Crippen LogP contribution is -2.53. The molecule has 8 heteroatoms. The van der Waals surface area contributed by atoms with E-state index in [1.54, 1.807) is 6.20 Å². The zero-order chi connectivity index (χ0) is 20.5. The summed E-state index contributed by atoms with van der Waals surface area (Å²) < 4.78 is 0. The van der Waals surface area contributed by atoms with Gasteiger partial charge < -0.3 is 26.6 Å². The van der Waals surface area contributed by atoms with E-state index in [9.17, 15) is 9.59 Å². The Morgan fingerprint density at radius 1 is 1.34 bits per heavy atom. The van der Waals surface area contributed by atoms with Crippen LogP contribution in [0.2, 0.25) is 0 Å². The minimum Gasteiger partial charge on any atom is -0.382 e. The standard InChI is InChI=1S/C21H22N6O2/c1-12-8-24-19(22)17(15(12)9-23-11-28)27-13(2)21(29)26-20-18(27)16(10-25-20)14-6-4-3-5-7-14/h3-9,11,13,16,25H,1,10,22H2,2H3,(H,23,28)(H,26,29). The van der Waals surface area contributed by atoms with Crippen molar-refractivity contribution in [3.05, 3.63) is 64.0 Å². The number of nitrogens with two attached hydrogens (primary N) is 1. The molecule has 0 saturated carbocycles. The van der Waals surface area contributed by atoms with Crippen LogP contribution in [0.25, 0.3) is 12.8 Å². The van der Waals surface area contributed by atoms with Crippen molar-refractivity contribution < 1.29 is 9.59 Å². The summed E-state index contributed by atoms with van der Waals surface area (Å²) in [5, 5.41) is 10.0. The SMILES string of the molecule is C=c1cnc(N)c(N2C3=C(NCC3c3ccccc3)NC(=O)C2C)c1=CNC=O. The highest BCUT2D eigenvalue weighted by Gasteiger charge is 2.41. The Morgan fingerprint density at radius 3 is 2.83 bits per heavy atom. The summed E-state index contributed by atoms with van der Waals surface area (Å²) in [4.78, 5) is 29.8. The fourth-order valence-corrected chi connectivity index (χ4v) is 3.89. The molecule has 0 bridgehead atoms. The normalized spacial score (nSPS) is 21.5. The lowest BCUT2D eigenvalue weighted by molar-refractivity contribution is -0.121. The summed E-state index contributed by atoms with van der Waals surface area (Å²) in [6.07, 6.45) is 3.64. The van der Waals surface area contributed by atoms with Gasteiger partial charge in [0.1, 0.15) is 17.7 Å². The molecule has 2 amide bonds. The second-order valence-electron chi connectivity index (χ2n) is 7.00. The van der Waals surface area contributed by atoms with Gasteiger partial charge in [-0.3, -0.25) is 9.59 Å². The summed E-state index contributed by atoms with van der Waals surface area (Å²) in [7, 11) is 0. The van der Waals surface area contributed by atoms with Gasteiger partial charge in [0.25, 0.3) is 0 Å². The summed E-state index contributed by atoms with van der Waals surface area (Å²) in [5.74, 6) is 0.760. The van der Waals surface area contributed by atoms with Gasteiger partial charge in [0.05, 0.1) is 11.4 Å². The molecule has 2 aliphatic heterocycles. The van der Waals surface area contributed by atoms with Crippen LogP contribution in [0.3, 0.4) is 0 Å². The van der Waals surface area contributed by atoms with Crippen molar-refractivity contribution in [1.82, 2.24) is 20.9 Å². The number of pyridine rings is 1. The zero-order valence-corrected chi connectivity index (χ0v) is 16.0. The molecule has 8 nitrogen and oxygen atoms in total. The van der Waals surface area contributed by atoms with Crippen LogP contribution in [0.1, 0.15) is 18.4 Å². The Bertz CT molecular complexity index is 1110. The van der Waals surface area contributed by atoms with Gasteiger partial charge in [-0.25, -0.2) is 4.98 Å². The molecule has 2 aliphatic rings. The van der Waals surface area contributed by atoms with E-state index >= 15 is 0 Å². The third-order valence-corrected chi connectivity index (χ3v) is 5.29. The van der Waals surface area contributed by atoms with Crippen LogP contribution in [0.4, 0.5) is 11.5 Å². The van der Waals surface area contributed by atoms with Crippen LogP contribution in [0.15, 0.2) is 48.0 Å². The van der Waals surface area contributed by atoms with Crippen LogP contribution < -0.4 is 37.0 Å². The molecule has 3 heterocycles. The molecular weight excluding hydrogens is 368 g/mol. The summed E-state index contributed by atoms with van der Waals surface area (Å²) in [5.41, 5.74) is 8.85. The third kappa shape index (κ3) is 3.08. The van der Waals surface area contributed by atoms with Crippen molar-refractivity contribution in [2.45, 2.75) is 18.9 Å². The first-order chi connectivity index (χ1) is 14.0. The highest BCUT2D eigenvalue weighted by Crippen LogP contribution is 2.38. The number of anilines is 2. The Morgan fingerprint density at radius 2 is 2.10 bits per heavy atom. The predicted octanol–water partition coefficient (Wildman–Crippen LogP) is -0.561. The topological polar surface area (TPSA) is 112 Å². The van der Waals surface area contributed by atoms with Crippen molar-refractivity contribution in [3.63, 3.8) is 0 Å². The van der Waals surface area contributed by atoms with Gasteiger partial charge in [-0.1, -0.05) is 36.9 Å². The maximum Gasteiger partial charge on any atom is 0.248 e. The van der Waals surface area contributed by atoms with Gasteiger partial charge >= 0.3 is 0 Å². The van der Waals surface area contributed by atoms with Crippen LogP contribution in [0, 0.1) is 0 Å². The Kier molecular flexibility index (Phi) is 4.67. The smallest absolute Gasteiger partial charge is 0.248 e. The van der Waals surface area contributed by atoms with E-state index in [0.29, 0.717) is 34.9 Å². The number of hydrogen-bond donors (Lipinski definition) is 4. The van der Waals surface area contributed by atoms with Crippen molar-refractivity contribution in [1.29, 1.82) is 0 Å². The van der Waals surface area contributed by atoms with Gasteiger partial charge in [0.2, 0.25) is 12.3 Å². The van der Waals surface area contributed by atoms with Gasteiger partial charge in [-0.15, -0.1) is 0 Å². The minimum atomic E-state index is -0.533. The molecule has 4 rings (SSSR count). The molecule has 0 saturated heterocycles. The van der Waals surface area contributed by atoms with E-state index < -0.39 is 6.04 Å². The average molecular weight is 390 g/mol. The molecule has 1 aromatic heterocycles. The number of nitrogens with zero attached hydrogens (tertiary/aromatic N) is 2. The fraction of sp³-hybridized carbons (Fsp3) is 0.190. The van der Waals surface area contributed by atoms with Crippen LogP contribution >= 0.6 is 0 Å². The second-order valence-corrected chi connectivity index (χ2v) is 7.00. The molecule has 0 radical (unpaired) electrons. The summed E-state index contributed by atoms with van der Waals surface area (Å²) in [6, 6.07) is 9.53. The predicted molar refractivity (Wildman–Crippen MR) is 111 cm³/mol. The number of hydrogen-bond acceptors (Lipinski definition) is 6. The fourth-order valence-electron chi connectivity index (χ4n) is 3.89. The lowest BCUT2D eigenvalue weighted by Gasteiger charge is -2.38. The Hall–Kier alpha value is -3.81. The summed E-state index contributed by atoms with van der Waals surface area (Å²) >= 11 is 0. The van der Waals surface area contributed by atoms with Crippen molar-refractivity contribution in [3.8, 4) is 0 Å². The molecular formula is C21H22N6O2. The van der Waals surface area contributed by atoms with Gasteiger partial charge in [0, 0.05) is 30.1 Å². The molecule has 2 atom stereocenters. The van der Waals surface area contributed by atoms with E-state index in [1.807, 2.05) is 30.0 Å². The quantitative estimate of drug-likeness (QED) is 0.521. The number of carbonyl (C=O) groups excluding carboxylic acids is 2. The monoisotopic (exact) mass is 390 g/mol. The minimum absolute atomic E-state index is 0.00833. The molecule has 5 N–H and O–H groups in total. The number of aromatic nitrogens is 1. The van der Waals surface area contributed by atoms with E-state index in [0.717, 1.165) is 11.3 Å². The maximum atomic E-state index is 12.7. The van der Waals surface area contributed by atoms with E-state index in [1.165, 1.54) is 6.20 Å². The van der Waals surface area contributed by atoms with Crippen molar-refractivity contribution >= 4 is 36.6 Å². The zero-order valence-electron chi connectivity index (χ0n) is 16.0. The van der Waals surface area contributed by atoms with Gasteiger partial charge in [0.15, 0.2) is 0 Å². The molecule has 2 aromatic rings. The van der Waals surface area contributed by atoms with Gasteiger partial charge in [-0.2, -0.15) is 0 Å². The van der Waals surface area contributed by atoms with Crippen molar-refractivity contribution in [2.75, 3.05) is 17.2 Å². The number of carbonyl (C=O) groups is 2. The first-order valence-electron chi connectivity index (χ1n) is 9.29. The first-order valence-corrected chi connectivity index (χ1v) is 9.29. The number of nitrogen functional groups attached to an aromatic ring is 1. The highest BCUT2D eigenvalue weighted by atomic mass is 16.2. The lowest BCUT2D eigenvalue weighted by atomic mass is 9.94. The molecule has 2 unspecified atom stereocenters. The average Bonchev–Trinajstić information content (AvgIpc) is 3.14. The van der Waals surface area contributed by atoms with E-state index in [-0.39, 0.29) is 17.6 Å². The number of benzene rings is 1. The van der Waals surface area contributed by atoms with E-state index in [4.69, 9.17) is 5.73 Å². The Labute approximate surface area is 167 Å². The molecule has 1 aromatic carbocycles. The van der Waals surface area contributed by atoms with Gasteiger partial charge in [-0.05, 0) is 17.7 Å².